The van der Waals surface area contributed by atoms with E-state index in [4.69, 9.17) is 5.73 Å². The van der Waals surface area contributed by atoms with Crippen LogP contribution in [0.2, 0.25) is 0 Å². The topological polar surface area (TPSA) is 55.1 Å². The molecule has 1 aliphatic heterocycles. The summed E-state index contributed by atoms with van der Waals surface area (Å²) in [7, 11) is 0. The Bertz CT molecular complexity index is 473. The number of nitrogens with two attached hydrogens (primary N) is 1. The lowest BCUT2D eigenvalue weighted by Gasteiger charge is -2.33. The van der Waals surface area contributed by atoms with Gasteiger partial charge in [-0.1, -0.05) is 18.2 Å². The summed E-state index contributed by atoms with van der Waals surface area (Å²) in [6, 6.07) is 6.56. The van der Waals surface area contributed by atoms with Gasteiger partial charge in [0.05, 0.1) is 6.42 Å². The maximum absolute atomic E-state index is 12.6. The lowest BCUT2D eigenvalue weighted by atomic mass is 9.83. The minimum atomic E-state index is -4.22. The summed E-state index contributed by atoms with van der Waals surface area (Å²) in [5.74, 6) is -1.13. The largest absolute Gasteiger partial charge is 0.389 e. The second-order valence-electron chi connectivity index (χ2n) is 4.85. The molecule has 0 aromatic heterocycles. The van der Waals surface area contributed by atoms with E-state index in [9.17, 15) is 18.0 Å². The van der Waals surface area contributed by atoms with Gasteiger partial charge in [-0.25, -0.2) is 0 Å². The van der Waals surface area contributed by atoms with Crippen molar-refractivity contribution in [3.63, 3.8) is 0 Å². The second-order valence-corrected chi connectivity index (χ2v) is 4.85. The van der Waals surface area contributed by atoms with E-state index in [-0.39, 0.29) is 18.9 Å². The Kier molecular flexibility index (Phi) is 3.68. The number of hydrogen-bond acceptors (Lipinski definition) is 2. The zero-order valence-corrected chi connectivity index (χ0v) is 10.2. The zero-order valence-electron chi connectivity index (χ0n) is 10.2. The number of benzene rings is 1. The molecule has 2 atom stereocenters. The van der Waals surface area contributed by atoms with E-state index >= 15 is 0 Å². The van der Waals surface area contributed by atoms with Gasteiger partial charge in [-0.15, -0.1) is 0 Å². The van der Waals surface area contributed by atoms with E-state index in [2.05, 4.69) is 5.32 Å². The third-order valence-electron chi connectivity index (χ3n) is 3.25. The van der Waals surface area contributed by atoms with Crippen molar-refractivity contribution in [3.05, 3.63) is 29.8 Å². The highest BCUT2D eigenvalue weighted by molar-refractivity contribution is 5.75. The van der Waals surface area contributed by atoms with E-state index in [1.165, 1.54) is 0 Å². The third-order valence-corrected chi connectivity index (χ3v) is 3.25. The molecule has 6 heteroatoms. The fraction of sp³-hybridized carbons (Fsp3) is 0.462. The molecule has 2 rings (SSSR count). The summed E-state index contributed by atoms with van der Waals surface area (Å²) in [4.78, 5) is 10.9. The standard InChI is InChI=1S/C13H15F3N2O/c14-13(15,16)7-8-5-9(6-12(17)19)18-11-4-2-1-3-10(8)11/h1-4,8-9,18H,5-7H2,(H2,17,19). The number of carbonyl (C=O) groups is 1. The summed E-state index contributed by atoms with van der Waals surface area (Å²) in [6.07, 6.45) is -4.78. The smallest absolute Gasteiger partial charge is 0.382 e. The molecule has 0 bridgehead atoms. The van der Waals surface area contributed by atoms with Gasteiger partial charge in [0.15, 0.2) is 0 Å². The summed E-state index contributed by atoms with van der Waals surface area (Å²) in [6.45, 7) is 0. The fourth-order valence-electron chi connectivity index (χ4n) is 2.58. The number of carbonyl (C=O) groups excluding carboxylic acids is 1. The molecule has 19 heavy (non-hydrogen) atoms. The number of hydrogen-bond donors (Lipinski definition) is 2. The summed E-state index contributed by atoms with van der Waals surface area (Å²) >= 11 is 0. The molecule has 0 radical (unpaired) electrons. The van der Waals surface area contributed by atoms with Crippen LogP contribution in [0.25, 0.3) is 0 Å². The van der Waals surface area contributed by atoms with Gasteiger partial charge in [-0.2, -0.15) is 13.2 Å². The minimum Gasteiger partial charge on any atom is -0.382 e. The third kappa shape index (κ3) is 3.62. The summed E-state index contributed by atoms with van der Waals surface area (Å²) in [5.41, 5.74) is 6.43. The van der Waals surface area contributed by atoms with Gasteiger partial charge in [0, 0.05) is 18.2 Å². The maximum atomic E-state index is 12.6. The van der Waals surface area contributed by atoms with Crippen LogP contribution in [0.5, 0.6) is 0 Å². The van der Waals surface area contributed by atoms with E-state index < -0.39 is 24.4 Å². The van der Waals surface area contributed by atoms with Crippen molar-refractivity contribution in [2.24, 2.45) is 5.73 Å². The Morgan fingerprint density at radius 3 is 2.68 bits per heavy atom. The Labute approximate surface area is 109 Å². The SMILES string of the molecule is NC(=O)CC1CC(CC(F)(F)F)c2ccccc2N1. The number of nitrogens with one attached hydrogen (secondary N) is 1. The Balaban J connectivity index is 2.23. The maximum Gasteiger partial charge on any atom is 0.389 e. The number of para-hydroxylation sites is 1. The van der Waals surface area contributed by atoms with Crippen LogP contribution in [-0.4, -0.2) is 18.1 Å². The first-order valence-corrected chi connectivity index (χ1v) is 6.05. The highest BCUT2D eigenvalue weighted by Crippen LogP contribution is 2.41. The van der Waals surface area contributed by atoms with Crippen LogP contribution in [0.15, 0.2) is 24.3 Å². The number of alkyl halides is 3. The molecule has 3 N–H and O–H groups in total. The van der Waals surface area contributed by atoms with E-state index in [0.717, 1.165) is 0 Å². The van der Waals surface area contributed by atoms with Crippen molar-refractivity contribution >= 4 is 11.6 Å². The quantitative estimate of drug-likeness (QED) is 0.889. The van der Waals surface area contributed by atoms with Crippen LogP contribution in [0.3, 0.4) is 0 Å². The van der Waals surface area contributed by atoms with Crippen molar-refractivity contribution in [3.8, 4) is 0 Å². The van der Waals surface area contributed by atoms with Crippen LogP contribution in [0, 0.1) is 0 Å². The molecule has 104 valence electrons. The van der Waals surface area contributed by atoms with E-state index in [1.807, 2.05) is 0 Å². The first kappa shape index (κ1) is 13.7. The minimum absolute atomic E-state index is 0.0443. The summed E-state index contributed by atoms with van der Waals surface area (Å²) in [5, 5.41) is 3.08. The van der Waals surface area contributed by atoms with Gasteiger partial charge in [0.25, 0.3) is 0 Å². The van der Waals surface area contributed by atoms with E-state index in [0.29, 0.717) is 11.3 Å². The first-order valence-electron chi connectivity index (χ1n) is 6.05. The number of primary amides is 1. The first-order chi connectivity index (χ1) is 8.85. The number of anilines is 1. The van der Waals surface area contributed by atoms with Crippen LogP contribution < -0.4 is 11.1 Å². The molecular weight excluding hydrogens is 257 g/mol. The van der Waals surface area contributed by atoms with Crippen LogP contribution in [0.1, 0.15) is 30.7 Å². The number of fused-ring (bicyclic) bond motifs is 1. The van der Waals surface area contributed by atoms with Crippen LogP contribution in [0.4, 0.5) is 18.9 Å². The normalized spacial score (nSPS) is 22.5. The Morgan fingerprint density at radius 1 is 1.37 bits per heavy atom. The average molecular weight is 272 g/mol. The molecule has 1 heterocycles. The van der Waals surface area contributed by atoms with E-state index in [1.54, 1.807) is 24.3 Å². The molecule has 1 aromatic rings. The van der Waals surface area contributed by atoms with Gasteiger partial charge in [-0.05, 0) is 24.0 Å². The van der Waals surface area contributed by atoms with Gasteiger partial charge in [0.2, 0.25) is 5.91 Å². The fourth-order valence-corrected chi connectivity index (χ4v) is 2.58. The lowest BCUT2D eigenvalue weighted by Crippen LogP contribution is -2.33. The van der Waals surface area contributed by atoms with Crippen molar-refractivity contribution in [2.75, 3.05) is 5.32 Å². The molecule has 0 saturated heterocycles. The Hall–Kier alpha value is -1.72. The molecular formula is C13H15F3N2O. The highest BCUT2D eigenvalue weighted by Gasteiger charge is 2.36. The molecule has 0 spiro atoms. The second kappa shape index (κ2) is 5.11. The van der Waals surface area contributed by atoms with Crippen LogP contribution in [-0.2, 0) is 4.79 Å². The Morgan fingerprint density at radius 2 is 2.05 bits per heavy atom. The zero-order chi connectivity index (χ0) is 14.0. The van der Waals surface area contributed by atoms with Crippen molar-refractivity contribution in [1.29, 1.82) is 0 Å². The van der Waals surface area contributed by atoms with Crippen LogP contribution >= 0.6 is 0 Å². The molecule has 1 amide bonds. The molecule has 0 fully saturated rings. The monoisotopic (exact) mass is 272 g/mol. The lowest BCUT2D eigenvalue weighted by molar-refractivity contribution is -0.139. The average Bonchev–Trinajstić information content (AvgIpc) is 2.26. The van der Waals surface area contributed by atoms with Gasteiger partial charge in [-0.3, -0.25) is 4.79 Å². The molecule has 1 aromatic carbocycles. The summed E-state index contributed by atoms with van der Waals surface area (Å²) < 4.78 is 37.8. The number of rotatable bonds is 3. The molecule has 1 aliphatic rings. The van der Waals surface area contributed by atoms with Gasteiger partial charge >= 0.3 is 6.18 Å². The number of amides is 1. The molecule has 3 nitrogen and oxygen atoms in total. The van der Waals surface area contributed by atoms with Crippen molar-refractivity contribution in [2.45, 2.75) is 37.4 Å². The highest BCUT2D eigenvalue weighted by atomic mass is 19.4. The van der Waals surface area contributed by atoms with Crippen molar-refractivity contribution in [1.82, 2.24) is 0 Å². The molecule has 0 aliphatic carbocycles. The predicted octanol–water partition coefficient (Wildman–Crippen LogP) is 2.78. The van der Waals surface area contributed by atoms with Gasteiger partial charge < -0.3 is 11.1 Å². The number of halogens is 3. The molecule has 0 saturated carbocycles. The predicted molar refractivity (Wildman–Crippen MR) is 65.7 cm³/mol. The molecule has 2 unspecified atom stereocenters. The van der Waals surface area contributed by atoms with Crippen molar-refractivity contribution < 1.29 is 18.0 Å². The van der Waals surface area contributed by atoms with Gasteiger partial charge in [0.1, 0.15) is 0 Å².